The lowest BCUT2D eigenvalue weighted by Crippen LogP contribution is -2.02. The zero-order chi connectivity index (χ0) is 9.10. The van der Waals surface area contributed by atoms with Gasteiger partial charge in [0.2, 0.25) is 0 Å². The van der Waals surface area contributed by atoms with Gasteiger partial charge in [0.25, 0.3) is 0 Å². The van der Waals surface area contributed by atoms with E-state index in [4.69, 9.17) is 4.74 Å². The van der Waals surface area contributed by atoms with Gasteiger partial charge in [-0.2, -0.15) is 0 Å². The zero-order valence-electron chi connectivity index (χ0n) is 7.60. The topological polar surface area (TPSA) is 27.1 Å². The van der Waals surface area contributed by atoms with Crippen LogP contribution < -0.4 is 0 Å². The molecule has 2 rings (SSSR count). The lowest BCUT2D eigenvalue weighted by atomic mass is 10.3. The lowest BCUT2D eigenvalue weighted by Gasteiger charge is -2.02. The van der Waals surface area contributed by atoms with Gasteiger partial charge >= 0.3 is 0 Å². The van der Waals surface area contributed by atoms with Crippen LogP contribution in [0.2, 0.25) is 0 Å². The highest BCUT2D eigenvalue weighted by Crippen LogP contribution is 2.12. The van der Waals surface area contributed by atoms with Crippen molar-refractivity contribution < 1.29 is 4.74 Å². The molecule has 0 aromatic carbocycles. The van der Waals surface area contributed by atoms with Crippen LogP contribution in [0.3, 0.4) is 0 Å². The second-order valence-electron chi connectivity index (χ2n) is 2.94. The minimum Gasteiger partial charge on any atom is -0.383 e. The number of ether oxygens (including phenoxy) is 1. The standard InChI is InChI=1S/C10H12N2O/c1-13-7-6-12-5-3-9-2-4-11-8-10(9)12/h2-5,8H,6-7H2,1H3. The third-order valence-corrected chi connectivity index (χ3v) is 2.11. The average Bonchev–Trinajstić information content (AvgIpc) is 2.58. The number of pyridine rings is 1. The molecule has 0 amide bonds. The molecule has 2 aromatic heterocycles. The van der Waals surface area contributed by atoms with E-state index in [9.17, 15) is 0 Å². The van der Waals surface area contributed by atoms with Crippen LogP contribution >= 0.6 is 0 Å². The van der Waals surface area contributed by atoms with Crippen LogP contribution in [0.4, 0.5) is 0 Å². The minimum absolute atomic E-state index is 0.735. The molecule has 0 radical (unpaired) electrons. The number of rotatable bonds is 3. The van der Waals surface area contributed by atoms with Gasteiger partial charge in [-0.15, -0.1) is 0 Å². The van der Waals surface area contributed by atoms with Crippen molar-refractivity contribution in [3.8, 4) is 0 Å². The Morgan fingerprint density at radius 3 is 3.23 bits per heavy atom. The Labute approximate surface area is 77.0 Å². The highest BCUT2D eigenvalue weighted by atomic mass is 16.5. The summed E-state index contributed by atoms with van der Waals surface area (Å²) in [4.78, 5) is 4.09. The molecule has 0 saturated heterocycles. The van der Waals surface area contributed by atoms with Crippen LogP contribution in [0.1, 0.15) is 0 Å². The summed E-state index contributed by atoms with van der Waals surface area (Å²) in [6.45, 7) is 1.62. The van der Waals surface area contributed by atoms with Gasteiger partial charge in [0, 0.05) is 31.4 Å². The molecule has 2 aromatic rings. The fraction of sp³-hybridized carbons (Fsp3) is 0.300. The molecule has 0 unspecified atom stereocenters. The predicted molar refractivity (Wildman–Crippen MR) is 51.6 cm³/mol. The zero-order valence-corrected chi connectivity index (χ0v) is 7.60. The molecule has 0 saturated carbocycles. The lowest BCUT2D eigenvalue weighted by molar-refractivity contribution is 0.188. The molecule has 0 fully saturated rings. The molecular formula is C10H12N2O. The molecule has 2 heterocycles. The van der Waals surface area contributed by atoms with Crippen LogP contribution in [0, 0.1) is 0 Å². The second-order valence-corrected chi connectivity index (χ2v) is 2.94. The van der Waals surface area contributed by atoms with Gasteiger partial charge in [0.1, 0.15) is 0 Å². The van der Waals surface area contributed by atoms with Gasteiger partial charge < -0.3 is 9.30 Å². The van der Waals surface area contributed by atoms with Gasteiger partial charge in [-0.3, -0.25) is 4.98 Å². The number of aromatic nitrogens is 2. The van der Waals surface area contributed by atoms with Gasteiger partial charge in [-0.1, -0.05) is 0 Å². The van der Waals surface area contributed by atoms with E-state index in [2.05, 4.69) is 21.8 Å². The highest BCUT2D eigenvalue weighted by molar-refractivity contribution is 5.78. The minimum atomic E-state index is 0.735. The predicted octanol–water partition coefficient (Wildman–Crippen LogP) is 1.68. The van der Waals surface area contributed by atoms with E-state index in [1.165, 1.54) is 10.9 Å². The maximum absolute atomic E-state index is 5.02. The molecular weight excluding hydrogens is 164 g/mol. The molecule has 68 valence electrons. The first-order chi connectivity index (χ1) is 6.42. The number of nitrogens with zero attached hydrogens (tertiary/aromatic N) is 2. The third-order valence-electron chi connectivity index (χ3n) is 2.11. The maximum Gasteiger partial charge on any atom is 0.0667 e. The Hall–Kier alpha value is -1.35. The molecule has 13 heavy (non-hydrogen) atoms. The summed E-state index contributed by atoms with van der Waals surface area (Å²) >= 11 is 0. The fourth-order valence-corrected chi connectivity index (χ4v) is 1.41. The Kier molecular flexibility index (Phi) is 2.27. The van der Waals surface area contributed by atoms with E-state index < -0.39 is 0 Å². The number of hydrogen-bond donors (Lipinski definition) is 0. The van der Waals surface area contributed by atoms with E-state index in [-0.39, 0.29) is 0 Å². The summed E-state index contributed by atoms with van der Waals surface area (Å²) in [5.41, 5.74) is 1.17. The molecule has 0 bridgehead atoms. The largest absolute Gasteiger partial charge is 0.383 e. The van der Waals surface area contributed by atoms with Crippen LogP contribution in [0.15, 0.2) is 30.7 Å². The first-order valence-electron chi connectivity index (χ1n) is 4.29. The van der Waals surface area contributed by atoms with Crippen molar-refractivity contribution in [2.45, 2.75) is 6.54 Å². The van der Waals surface area contributed by atoms with E-state index in [0.717, 1.165) is 13.2 Å². The van der Waals surface area contributed by atoms with Gasteiger partial charge in [-0.25, -0.2) is 0 Å². The first-order valence-corrected chi connectivity index (χ1v) is 4.29. The average molecular weight is 176 g/mol. The molecule has 0 atom stereocenters. The number of hydrogen-bond acceptors (Lipinski definition) is 2. The Morgan fingerprint density at radius 1 is 1.46 bits per heavy atom. The van der Waals surface area contributed by atoms with Crippen molar-refractivity contribution in [3.63, 3.8) is 0 Å². The van der Waals surface area contributed by atoms with Gasteiger partial charge in [-0.05, 0) is 12.1 Å². The molecule has 3 nitrogen and oxygen atoms in total. The monoisotopic (exact) mass is 176 g/mol. The summed E-state index contributed by atoms with van der Waals surface area (Å²) in [7, 11) is 1.71. The Balaban J connectivity index is 2.35. The van der Waals surface area contributed by atoms with Crippen molar-refractivity contribution in [2.24, 2.45) is 0 Å². The van der Waals surface area contributed by atoms with Crippen molar-refractivity contribution >= 4 is 10.9 Å². The molecule has 0 spiro atoms. The molecule has 3 heteroatoms. The fourth-order valence-electron chi connectivity index (χ4n) is 1.41. The van der Waals surface area contributed by atoms with Crippen LogP contribution in [-0.2, 0) is 11.3 Å². The Morgan fingerprint density at radius 2 is 2.38 bits per heavy atom. The summed E-state index contributed by atoms with van der Waals surface area (Å²) in [6.07, 6.45) is 5.75. The smallest absolute Gasteiger partial charge is 0.0667 e. The molecule has 0 N–H and O–H groups in total. The van der Waals surface area contributed by atoms with Crippen molar-refractivity contribution in [1.82, 2.24) is 9.55 Å². The summed E-state index contributed by atoms with van der Waals surface area (Å²) in [5, 5.41) is 1.23. The van der Waals surface area contributed by atoms with Crippen molar-refractivity contribution in [3.05, 3.63) is 30.7 Å². The SMILES string of the molecule is COCCn1ccc2ccncc21. The molecule has 0 aliphatic carbocycles. The maximum atomic E-state index is 5.02. The van der Waals surface area contributed by atoms with E-state index in [0.29, 0.717) is 0 Å². The highest BCUT2D eigenvalue weighted by Gasteiger charge is 1.98. The molecule has 0 aliphatic heterocycles. The summed E-state index contributed by atoms with van der Waals surface area (Å²) in [6, 6.07) is 4.10. The first kappa shape index (κ1) is 8.26. The quantitative estimate of drug-likeness (QED) is 0.711. The number of methoxy groups -OCH3 is 1. The van der Waals surface area contributed by atoms with Crippen molar-refractivity contribution in [2.75, 3.05) is 13.7 Å². The van der Waals surface area contributed by atoms with Crippen LogP contribution in [0.5, 0.6) is 0 Å². The normalized spacial score (nSPS) is 10.8. The second kappa shape index (κ2) is 3.58. The van der Waals surface area contributed by atoms with E-state index >= 15 is 0 Å². The number of fused-ring (bicyclic) bond motifs is 1. The van der Waals surface area contributed by atoms with Gasteiger partial charge in [0.15, 0.2) is 0 Å². The summed E-state index contributed by atoms with van der Waals surface area (Å²) in [5.74, 6) is 0. The third kappa shape index (κ3) is 1.55. The van der Waals surface area contributed by atoms with Crippen LogP contribution in [-0.4, -0.2) is 23.3 Å². The van der Waals surface area contributed by atoms with E-state index in [1.807, 2.05) is 18.5 Å². The Bertz CT molecular complexity index is 394. The van der Waals surface area contributed by atoms with Gasteiger partial charge in [0.05, 0.1) is 18.3 Å². The van der Waals surface area contributed by atoms with E-state index in [1.54, 1.807) is 7.11 Å². The summed E-state index contributed by atoms with van der Waals surface area (Å²) < 4.78 is 7.17. The van der Waals surface area contributed by atoms with Crippen LogP contribution in [0.25, 0.3) is 10.9 Å². The van der Waals surface area contributed by atoms with Crippen molar-refractivity contribution in [1.29, 1.82) is 0 Å². The molecule has 0 aliphatic rings.